The van der Waals surface area contributed by atoms with E-state index in [1.807, 2.05) is 11.3 Å². The first-order valence-corrected chi connectivity index (χ1v) is 6.80. The lowest BCUT2D eigenvalue weighted by Crippen LogP contribution is -1.96. The van der Waals surface area contributed by atoms with Crippen LogP contribution in [0, 0.1) is 5.92 Å². The highest BCUT2D eigenvalue weighted by Gasteiger charge is 2.02. The maximum atomic E-state index is 3.49. The Labute approximate surface area is 94.6 Å². The van der Waals surface area contributed by atoms with Crippen LogP contribution in [0.15, 0.2) is 15.9 Å². The van der Waals surface area contributed by atoms with E-state index in [0.717, 1.165) is 11.2 Å². The van der Waals surface area contributed by atoms with E-state index in [1.54, 1.807) is 0 Å². The van der Waals surface area contributed by atoms with Gasteiger partial charge in [-0.1, -0.05) is 22.9 Å². The molecule has 3 heteroatoms. The summed E-state index contributed by atoms with van der Waals surface area (Å²) < 4.78 is 1.22. The molecule has 0 aromatic carbocycles. The predicted octanol–water partition coefficient (Wildman–Crippen LogP) is 4.47. The van der Waals surface area contributed by atoms with Crippen LogP contribution in [-0.2, 0) is 6.42 Å². The zero-order chi connectivity index (χ0) is 8.97. The number of hydrogen-bond donors (Lipinski definition) is 0. The Kier molecular flexibility index (Phi) is 4.84. The highest BCUT2D eigenvalue weighted by Crippen LogP contribution is 2.22. The Morgan fingerprint density at radius 3 is 2.83 bits per heavy atom. The SMILES string of the molecule is CC(CBr)CCc1cc(Br)cs1. The molecule has 0 fully saturated rings. The van der Waals surface area contributed by atoms with Gasteiger partial charge < -0.3 is 0 Å². The molecule has 0 aliphatic heterocycles. The quantitative estimate of drug-likeness (QED) is 0.719. The molecule has 0 amide bonds. The summed E-state index contributed by atoms with van der Waals surface area (Å²) in [5, 5.41) is 3.26. The number of thiophene rings is 1. The first kappa shape index (κ1) is 10.7. The van der Waals surface area contributed by atoms with Crippen molar-refractivity contribution in [2.75, 3.05) is 5.33 Å². The third-order valence-corrected chi connectivity index (χ3v) is 4.63. The highest BCUT2D eigenvalue weighted by molar-refractivity contribution is 9.10. The largest absolute Gasteiger partial charge is 0.148 e. The van der Waals surface area contributed by atoms with E-state index in [-0.39, 0.29) is 0 Å². The molecule has 0 aliphatic carbocycles. The molecule has 1 rings (SSSR count). The molecule has 68 valence electrons. The summed E-state index contributed by atoms with van der Waals surface area (Å²) in [5.41, 5.74) is 0. The number of aryl methyl sites for hydroxylation is 1. The fourth-order valence-electron chi connectivity index (χ4n) is 0.951. The monoisotopic (exact) mass is 310 g/mol. The summed E-state index contributed by atoms with van der Waals surface area (Å²) in [6.45, 7) is 2.28. The van der Waals surface area contributed by atoms with E-state index in [1.165, 1.54) is 22.2 Å². The zero-order valence-electron chi connectivity index (χ0n) is 7.02. The van der Waals surface area contributed by atoms with Gasteiger partial charge in [0.2, 0.25) is 0 Å². The molecular weight excluding hydrogens is 300 g/mol. The lowest BCUT2D eigenvalue weighted by Gasteiger charge is -2.04. The minimum absolute atomic E-state index is 0.783. The van der Waals surface area contributed by atoms with Crippen molar-refractivity contribution in [1.29, 1.82) is 0 Å². The van der Waals surface area contributed by atoms with Crippen molar-refractivity contribution in [3.63, 3.8) is 0 Å². The molecular formula is C9H12Br2S. The average molecular weight is 312 g/mol. The molecule has 0 nitrogen and oxygen atoms in total. The number of alkyl halides is 1. The molecule has 1 heterocycles. The van der Waals surface area contributed by atoms with Crippen LogP contribution < -0.4 is 0 Å². The maximum absolute atomic E-state index is 3.49. The van der Waals surface area contributed by atoms with Gasteiger partial charge in [0.25, 0.3) is 0 Å². The highest BCUT2D eigenvalue weighted by atomic mass is 79.9. The van der Waals surface area contributed by atoms with Crippen LogP contribution in [-0.4, -0.2) is 5.33 Å². The second-order valence-corrected chi connectivity index (χ2v) is 5.59. The Balaban J connectivity index is 2.33. The normalized spacial score (nSPS) is 13.2. The summed E-state index contributed by atoms with van der Waals surface area (Å²) in [4.78, 5) is 1.48. The average Bonchev–Trinajstić information content (AvgIpc) is 2.47. The van der Waals surface area contributed by atoms with Crippen LogP contribution in [0.5, 0.6) is 0 Å². The molecule has 12 heavy (non-hydrogen) atoms. The van der Waals surface area contributed by atoms with Crippen molar-refractivity contribution < 1.29 is 0 Å². The Morgan fingerprint density at radius 1 is 1.58 bits per heavy atom. The smallest absolute Gasteiger partial charge is 0.0285 e. The molecule has 1 aromatic heterocycles. The van der Waals surface area contributed by atoms with Crippen LogP contribution in [0.4, 0.5) is 0 Å². The predicted molar refractivity (Wildman–Crippen MR) is 63.3 cm³/mol. The molecule has 0 aliphatic rings. The van der Waals surface area contributed by atoms with E-state index in [0.29, 0.717) is 0 Å². The Hall–Kier alpha value is 0.660. The van der Waals surface area contributed by atoms with E-state index in [9.17, 15) is 0 Å². The molecule has 1 aromatic rings. The fourth-order valence-corrected chi connectivity index (χ4v) is 2.75. The summed E-state index contributed by atoms with van der Waals surface area (Å²) in [6.07, 6.45) is 2.49. The van der Waals surface area contributed by atoms with Crippen LogP contribution in [0.3, 0.4) is 0 Å². The zero-order valence-corrected chi connectivity index (χ0v) is 11.0. The molecule has 0 bridgehead atoms. The molecule has 0 N–H and O–H groups in total. The van der Waals surface area contributed by atoms with Gasteiger partial charge in [-0.25, -0.2) is 0 Å². The number of halogens is 2. The van der Waals surface area contributed by atoms with Gasteiger partial charge in [0.1, 0.15) is 0 Å². The minimum atomic E-state index is 0.783. The Morgan fingerprint density at radius 2 is 2.33 bits per heavy atom. The van der Waals surface area contributed by atoms with Crippen molar-refractivity contribution in [3.05, 3.63) is 20.8 Å². The summed E-state index contributed by atoms with van der Waals surface area (Å²) >= 11 is 8.78. The molecule has 1 atom stereocenters. The molecule has 0 saturated heterocycles. The van der Waals surface area contributed by atoms with E-state index in [4.69, 9.17) is 0 Å². The van der Waals surface area contributed by atoms with Crippen LogP contribution >= 0.6 is 43.2 Å². The molecule has 0 saturated carbocycles. The first-order valence-electron chi connectivity index (χ1n) is 4.01. The van der Waals surface area contributed by atoms with E-state index < -0.39 is 0 Å². The summed E-state index contributed by atoms with van der Waals surface area (Å²) in [7, 11) is 0. The van der Waals surface area contributed by atoms with Gasteiger partial charge in [-0.15, -0.1) is 11.3 Å². The molecule has 0 spiro atoms. The van der Waals surface area contributed by atoms with Gasteiger partial charge in [-0.05, 0) is 40.8 Å². The minimum Gasteiger partial charge on any atom is -0.148 e. The van der Waals surface area contributed by atoms with Gasteiger partial charge in [0.15, 0.2) is 0 Å². The van der Waals surface area contributed by atoms with E-state index in [2.05, 4.69) is 50.2 Å². The van der Waals surface area contributed by atoms with Gasteiger partial charge in [0, 0.05) is 20.1 Å². The fraction of sp³-hybridized carbons (Fsp3) is 0.556. The van der Waals surface area contributed by atoms with Gasteiger partial charge >= 0.3 is 0 Å². The third kappa shape index (κ3) is 3.58. The van der Waals surface area contributed by atoms with Crippen molar-refractivity contribution in [1.82, 2.24) is 0 Å². The van der Waals surface area contributed by atoms with Crippen LogP contribution in [0.2, 0.25) is 0 Å². The van der Waals surface area contributed by atoms with Crippen molar-refractivity contribution in [2.45, 2.75) is 19.8 Å². The summed E-state index contributed by atoms with van der Waals surface area (Å²) in [6, 6.07) is 2.21. The van der Waals surface area contributed by atoms with Gasteiger partial charge in [-0.2, -0.15) is 0 Å². The second-order valence-electron chi connectivity index (χ2n) is 3.03. The second kappa shape index (κ2) is 5.40. The van der Waals surface area contributed by atoms with Crippen LogP contribution in [0.1, 0.15) is 18.2 Å². The van der Waals surface area contributed by atoms with Gasteiger partial charge in [-0.3, -0.25) is 0 Å². The number of rotatable bonds is 4. The first-order chi connectivity index (χ1) is 5.72. The van der Waals surface area contributed by atoms with Gasteiger partial charge in [0.05, 0.1) is 0 Å². The topological polar surface area (TPSA) is 0 Å². The van der Waals surface area contributed by atoms with Crippen molar-refractivity contribution in [3.8, 4) is 0 Å². The number of hydrogen-bond acceptors (Lipinski definition) is 1. The van der Waals surface area contributed by atoms with Crippen LogP contribution in [0.25, 0.3) is 0 Å². The maximum Gasteiger partial charge on any atom is 0.0285 e. The standard InChI is InChI=1S/C9H12Br2S/c1-7(5-10)2-3-9-4-8(11)6-12-9/h4,6-7H,2-3,5H2,1H3. The summed E-state index contributed by atoms with van der Waals surface area (Å²) in [5.74, 6) is 0.783. The molecule has 1 unspecified atom stereocenters. The molecule has 0 radical (unpaired) electrons. The lowest BCUT2D eigenvalue weighted by molar-refractivity contribution is 0.603. The van der Waals surface area contributed by atoms with E-state index >= 15 is 0 Å². The Bertz CT molecular complexity index is 232. The van der Waals surface area contributed by atoms with Crippen molar-refractivity contribution >= 4 is 43.2 Å². The third-order valence-electron chi connectivity index (χ3n) is 1.77. The van der Waals surface area contributed by atoms with Crippen molar-refractivity contribution in [2.24, 2.45) is 5.92 Å². The lowest BCUT2D eigenvalue weighted by atomic mass is 10.1.